The Morgan fingerprint density at radius 2 is 1.72 bits per heavy atom. The Morgan fingerprint density at radius 3 is 2.32 bits per heavy atom. The minimum absolute atomic E-state index is 0.141. The van der Waals surface area contributed by atoms with Crippen LogP contribution in [0.15, 0.2) is 36.4 Å². The molecule has 1 radical (unpaired) electrons. The third kappa shape index (κ3) is 5.08. The van der Waals surface area contributed by atoms with Crippen molar-refractivity contribution in [3.8, 4) is 11.5 Å². The summed E-state index contributed by atoms with van der Waals surface area (Å²) >= 11 is 0. The van der Waals surface area contributed by atoms with E-state index < -0.39 is 0 Å². The molecule has 0 fully saturated rings. The molecule has 0 bridgehead atoms. The molecule has 0 unspecified atom stereocenters. The smallest absolute Gasteiger partial charge is 0.224 e. The molecule has 2 aromatic rings. The van der Waals surface area contributed by atoms with Crippen molar-refractivity contribution in [1.82, 2.24) is 0 Å². The van der Waals surface area contributed by atoms with Gasteiger partial charge in [0.25, 0.3) is 0 Å². The molecule has 1 N–H and O–H groups in total. The molecule has 2 rings (SSSR count). The topological polar surface area (TPSA) is 64.6 Å². The summed E-state index contributed by atoms with van der Waals surface area (Å²) < 4.78 is 10.5. The van der Waals surface area contributed by atoms with Gasteiger partial charge in [0.1, 0.15) is 0 Å². The van der Waals surface area contributed by atoms with Crippen LogP contribution in [-0.4, -0.2) is 25.9 Å². The van der Waals surface area contributed by atoms with Crippen molar-refractivity contribution in [2.24, 2.45) is 0 Å². The Labute approximate surface area is 148 Å². The lowest BCUT2D eigenvalue weighted by Crippen LogP contribution is -2.14. The number of carbonyl (C=O) groups excluding carboxylic acids is 2. The number of hydrogen-bond donors (Lipinski definition) is 1. The number of hydrogen-bond acceptors (Lipinski definition) is 4. The lowest BCUT2D eigenvalue weighted by atomic mass is 10.1. The maximum atomic E-state index is 12.2. The van der Waals surface area contributed by atoms with Gasteiger partial charge in [0, 0.05) is 18.1 Å². The van der Waals surface area contributed by atoms with E-state index in [1.165, 1.54) is 26.7 Å². The first kappa shape index (κ1) is 18.5. The highest BCUT2D eigenvalue weighted by molar-refractivity contribution is 6.04. The number of methoxy groups -OCH3 is 2. The van der Waals surface area contributed by atoms with Gasteiger partial charge in [-0.2, -0.15) is 0 Å². The van der Waals surface area contributed by atoms with E-state index in [1.54, 1.807) is 12.1 Å². The first-order valence-electron chi connectivity index (χ1n) is 8.07. The Morgan fingerprint density at radius 1 is 1.08 bits per heavy atom. The summed E-state index contributed by atoms with van der Waals surface area (Å²) in [6.07, 6.45) is 1.90. The molecule has 1 amide bonds. The molecule has 0 aromatic heterocycles. The van der Waals surface area contributed by atoms with Crippen LogP contribution in [0.4, 0.5) is 5.69 Å². The highest BCUT2D eigenvalue weighted by Crippen LogP contribution is 2.33. The number of ketones is 1. The summed E-state index contributed by atoms with van der Waals surface area (Å²) in [5.74, 6) is 0.615. The van der Waals surface area contributed by atoms with Gasteiger partial charge < -0.3 is 14.8 Å². The van der Waals surface area contributed by atoms with Gasteiger partial charge in [-0.05, 0) is 37.5 Å². The second-order valence-corrected chi connectivity index (χ2v) is 5.62. The zero-order valence-electron chi connectivity index (χ0n) is 14.7. The molecule has 0 saturated heterocycles. The molecule has 2 aromatic carbocycles. The van der Waals surface area contributed by atoms with E-state index in [4.69, 9.17) is 9.47 Å². The van der Waals surface area contributed by atoms with Gasteiger partial charge >= 0.3 is 0 Å². The predicted octanol–water partition coefficient (Wildman–Crippen LogP) is 3.67. The minimum Gasteiger partial charge on any atom is -0.493 e. The molecule has 0 aliphatic heterocycles. The molecule has 0 saturated carbocycles. The van der Waals surface area contributed by atoms with Gasteiger partial charge in [-0.1, -0.05) is 24.3 Å². The molecule has 0 heterocycles. The van der Waals surface area contributed by atoms with Crippen molar-refractivity contribution in [2.75, 3.05) is 19.5 Å². The molecule has 25 heavy (non-hydrogen) atoms. The fourth-order valence-corrected chi connectivity index (χ4v) is 2.53. The van der Waals surface area contributed by atoms with E-state index in [9.17, 15) is 9.59 Å². The lowest BCUT2D eigenvalue weighted by Gasteiger charge is -2.14. The molecular formula is C20H22NO4. The molecule has 5 nitrogen and oxygen atoms in total. The number of ether oxygens (including phenoxy) is 2. The number of nitrogens with one attached hydrogen (secondary N) is 1. The van der Waals surface area contributed by atoms with Crippen LogP contribution in [0.5, 0.6) is 11.5 Å². The zero-order chi connectivity index (χ0) is 18.2. The van der Waals surface area contributed by atoms with Crippen LogP contribution in [0, 0.1) is 6.07 Å². The number of carbonyl (C=O) groups is 2. The summed E-state index contributed by atoms with van der Waals surface area (Å²) in [6, 6.07) is 13.9. The number of amides is 1. The minimum atomic E-state index is -0.156. The SMILES string of the molecule is COc1cc(NC(=O)CCCc2cc[c]cc2)c(C(C)=O)cc1OC. The van der Waals surface area contributed by atoms with Crippen molar-refractivity contribution < 1.29 is 19.1 Å². The number of aryl methyl sites for hydroxylation is 1. The first-order valence-corrected chi connectivity index (χ1v) is 8.07. The van der Waals surface area contributed by atoms with E-state index in [1.807, 2.05) is 24.3 Å². The van der Waals surface area contributed by atoms with E-state index >= 15 is 0 Å². The van der Waals surface area contributed by atoms with Crippen LogP contribution in [0.3, 0.4) is 0 Å². The molecule has 5 heteroatoms. The second-order valence-electron chi connectivity index (χ2n) is 5.62. The largest absolute Gasteiger partial charge is 0.493 e. The Hall–Kier alpha value is -2.82. The highest BCUT2D eigenvalue weighted by Gasteiger charge is 2.16. The van der Waals surface area contributed by atoms with Crippen molar-refractivity contribution in [1.29, 1.82) is 0 Å². The third-order valence-electron chi connectivity index (χ3n) is 3.83. The normalized spacial score (nSPS) is 10.2. The number of rotatable bonds is 8. The van der Waals surface area contributed by atoms with Crippen LogP contribution in [0.2, 0.25) is 0 Å². The maximum absolute atomic E-state index is 12.2. The zero-order valence-corrected chi connectivity index (χ0v) is 14.7. The first-order chi connectivity index (χ1) is 12.0. The average molecular weight is 340 g/mol. The highest BCUT2D eigenvalue weighted by atomic mass is 16.5. The Balaban J connectivity index is 2.05. The van der Waals surface area contributed by atoms with E-state index in [2.05, 4.69) is 11.4 Å². The molecular weight excluding hydrogens is 318 g/mol. The van der Waals surface area contributed by atoms with Gasteiger partial charge in [0.05, 0.1) is 19.9 Å². The van der Waals surface area contributed by atoms with Gasteiger partial charge in [-0.25, -0.2) is 0 Å². The van der Waals surface area contributed by atoms with Crippen molar-refractivity contribution in [3.63, 3.8) is 0 Å². The summed E-state index contributed by atoms with van der Waals surface area (Å²) in [4.78, 5) is 24.1. The van der Waals surface area contributed by atoms with Gasteiger partial charge in [-0.3, -0.25) is 9.59 Å². The number of anilines is 1. The van der Waals surface area contributed by atoms with Gasteiger partial charge in [0.2, 0.25) is 5.91 Å². The van der Waals surface area contributed by atoms with E-state index in [0.717, 1.165) is 12.8 Å². The van der Waals surface area contributed by atoms with Crippen molar-refractivity contribution in [3.05, 3.63) is 53.6 Å². The molecule has 0 spiro atoms. The molecule has 0 aliphatic rings. The maximum Gasteiger partial charge on any atom is 0.224 e. The van der Waals surface area contributed by atoms with Crippen LogP contribution in [-0.2, 0) is 11.2 Å². The van der Waals surface area contributed by atoms with Gasteiger partial charge in [0.15, 0.2) is 17.3 Å². The standard InChI is InChI=1S/C20H22NO4/c1-14(22)16-12-18(24-2)19(25-3)13-17(16)21-20(23)11-7-10-15-8-5-4-6-9-15/h5-6,8-9,12-13H,7,10-11H2,1-3H3,(H,21,23). The number of benzene rings is 2. The Kier molecular flexibility index (Phi) is 6.57. The fourth-order valence-electron chi connectivity index (χ4n) is 2.53. The summed E-state index contributed by atoms with van der Waals surface area (Å²) in [5.41, 5.74) is 2.00. The predicted molar refractivity (Wildman–Crippen MR) is 96.4 cm³/mol. The van der Waals surface area contributed by atoms with Crippen LogP contribution >= 0.6 is 0 Å². The third-order valence-corrected chi connectivity index (χ3v) is 3.83. The van der Waals surface area contributed by atoms with Crippen LogP contribution < -0.4 is 14.8 Å². The summed E-state index contributed by atoms with van der Waals surface area (Å²) in [5, 5.41) is 2.80. The lowest BCUT2D eigenvalue weighted by molar-refractivity contribution is -0.116. The van der Waals surface area contributed by atoms with Gasteiger partial charge in [-0.15, -0.1) is 0 Å². The second kappa shape index (κ2) is 8.87. The fraction of sp³-hybridized carbons (Fsp3) is 0.300. The molecule has 0 aliphatic carbocycles. The van der Waals surface area contributed by atoms with Crippen LogP contribution in [0.25, 0.3) is 0 Å². The monoisotopic (exact) mass is 340 g/mol. The summed E-state index contributed by atoms with van der Waals surface area (Å²) in [7, 11) is 3.01. The van der Waals surface area contributed by atoms with E-state index in [0.29, 0.717) is 29.2 Å². The quantitative estimate of drug-likeness (QED) is 0.745. The average Bonchev–Trinajstić information content (AvgIpc) is 2.62. The van der Waals surface area contributed by atoms with Crippen molar-refractivity contribution in [2.45, 2.75) is 26.2 Å². The Bertz CT molecular complexity index is 741. The van der Waals surface area contributed by atoms with Crippen molar-refractivity contribution >= 4 is 17.4 Å². The molecule has 131 valence electrons. The van der Waals surface area contributed by atoms with Crippen LogP contribution in [0.1, 0.15) is 35.7 Å². The molecule has 0 atom stereocenters. The number of Topliss-reactive ketones (excluding diaryl/α,β-unsaturated/α-hetero) is 1. The summed E-state index contributed by atoms with van der Waals surface area (Å²) in [6.45, 7) is 1.45. The van der Waals surface area contributed by atoms with E-state index in [-0.39, 0.29) is 11.7 Å².